The predicted molar refractivity (Wildman–Crippen MR) is 101 cm³/mol. The standard InChI is InChI=1S/C18H21N5OS/c1-15-13-25-18(21-15)22-20-12-16-6-2-3-7-17(16)24-11-5-4-9-23-10-8-19-14-23/h2-3,6-8,10,12-14H,4-5,9,11H2,1H3,(H,21,22). The molecule has 0 saturated carbocycles. The van der Waals surface area contributed by atoms with Crippen LogP contribution >= 0.6 is 11.3 Å². The van der Waals surface area contributed by atoms with Gasteiger partial charge in [-0.3, -0.25) is 5.43 Å². The van der Waals surface area contributed by atoms with Crippen LogP contribution in [-0.4, -0.2) is 27.4 Å². The molecule has 0 radical (unpaired) electrons. The van der Waals surface area contributed by atoms with Gasteiger partial charge in [-0.2, -0.15) is 5.10 Å². The second-order valence-electron chi connectivity index (χ2n) is 5.56. The highest BCUT2D eigenvalue weighted by Crippen LogP contribution is 2.17. The summed E-state index contributed by atoms with van der Waals surface area (Å²) in [6, 6.07) is 7.89. The Bertz CT molecular complexity index is 797. The van der Waals surface area contributed by atoms with Gasteiger partial charge >= 0.3 is 0 Å². The Labute approximate surface area is 151 Å². The molecule has 2 heterocycles. The highest BCUT2D eigenvalue weighted by molar-refractivity contribution is 7.13. The first-order valence-corrected chi connectivity index (χ1v) is 9.08. The molecular formula is C18H21N5OS. The molecule has 0 atom stereocenters. The fraction of sp³-hybridized carbons (Fsp3) is 0.278. The maximum absolute atomic E-state index is 5.91. The maximum Gasteiger partial charge on any atom is 0.203 e. The van der Waals surface area contributed by atoms with Gasteiger partial charge in [0.05, 0.1) is 24.8 Å². The lowest BCUT2D eigenvalue weighted by Crippen LogP contribution is -2.03. The molecule has 0 saturated heterocycles. The highest BCUT2D eigenvalue weighted by Gasteiger charge is 2.01. The number of thiazole rings is 1. The van der Waals surface area contributed by atoms with Crippen molar-refractivity contribution < 1.29 is 4.74 Å². The molecule has 7 heteroatoms. The largest absolute Gasteiger partial charge is 0.493 e. The zero-order valence-electron chi connectivity index (χ0n) is 14.1. The summed E-state index contributed by atoms with van der Waals surface area (Å²) >= 11 is 1.53. The van der Waals surface area contributed by atoms with Gasteiger partial charge in [0, 0.05) is 29.9 Å². The fourth-order valence-electron chi connectivity index (χ4n) is 2.28. The van der Waals surface area contributed by atoms with Crippen molar-refractivity contribution in [2.45, 2.75) is 26.3 Å². The van der Waals surface area contributed by atoms with Crippen molar-refractivity contribution in [1.82, 2.24) is 14.5 Å². The average molecular weight is 355 g/mol. The van der Waals surface area contributed by atoms with Gasteiger partial charge in [-0.1, -0.05) is 12.1 Å². The number of aryl methyl sites for hydroxylation is 2. The minimum absolute atomic E-state index is 0.679. The van der Waals surface area contributed by atoms with Crippen molar-refractivity contribution >= 4 is 22.7 Å². The number of aromatic nitrogens is 3. The Kier molecular flexibility index (Phi) is 6.17. The number of rotatable bonds is 9. The Morgan fingerprint density at radius 2 is 2.24 bits per heavy atom. The highest BCUT2D eigenvalue weighted by atomic mass is 32.1. The van der Waals surface area contributed by atoms with Crippen molar-refractivity contribution in [2.75, 3.05) is 12.0 Å². The van der Waals surface area contributed by atoms with Gasteiger partial charge in [0.15, 0.2) is 0 Å². The van der Waals surface area contributed by atoms with E-state index in [0.29, 0.717) is 6.61 Å². The summed E-state index contributed by atoms with van der Waals surface area (Å²) in [5.41, 5.74) is 4.88. The number of unbranched alkanes of at least 4 members (excludes halogenated alkanes) is 1. The van der Waals surface area contributed by atoms with Crippen LogP contribution in [0.2, 0.25) is 0 Å². The van der Waals surface area contributed by atoms with Gasteiger partial charge in [-0.05, 0) is 31.9 Å². The number of ether oxygens (including phenoxy) is 1. The van der Waals surface area contributed by atoms with Crippen molar-refractivity contribution in [3.05, 3.63) is 59.6 Å². The smallest absolute Gasteiger partial charge is 0.203 e. The molecule has 0 aliphatic heterocycles. The lowest BCUT2D eigenvalue weighted by atomic mass is 10.2. The molecule has 0 amide bonds. The number of nitrogens with zero attached hydrogens (tertiary/aromatic N) is 4. The summed E-state index contributed by atoms with van der Waals surface area (Å²) in [7, 11) is 0. The Morgan fingerprint density at radius 3 is 3.04 bits per heavy atom. The first-order valence-electron chi connectivity index (χ1n) is 8.20. The summed E-state index contributed by atoms with van der Waals surface area (Å²) in [5, 5.41) is 7.02. The fourth-order valence-corrected chi connectivity index (χ4v) is 2.92. The van der Waals surface area contributed by atoms with Gasteiger partial charge in [-0.15, -0.1) is 11.3 Å². The molecule has 0 spiro atoms. The quantitative estimate of drug-likeness (QED) is 0.358. The molecule has 0 unspecified atom stereocenters. The van der Waals surface area contributed by atoms with E-state index in [1.807, 2.05) is 49.1 Å². The maximum atomic E-state index is 5.91. The van der Waals surface area contributed by atoms with E-state index in [1.54, 1.807) is 12.4 Å². The zero-order valence-corrected chi connectivity index (χ0v) is 14.9. The van der Waals surface area contributed by atoms with Crippen molar-refractivity contribution in [3.8, 4) is 5.75 Å². The van der Waals surface area contributed by atoms with Crippen LogP contribution in [0.25, 0.3) is 0 Å². The normalized spacial score (nSPS) is 11.1. The molecule has 0 aliphatic carbocycles. The first kappa shape index (κ1) is 17.2. The minimum Gasteiger partial charge on any atom is -0.493 e. The molecule has 0 aliphatic rings. The summed E-state index contributed by atoms with van der Waals surface area (Å²) in [6.45, 7) is 3.60. The predicted octanol–water partition coefficient (Wildman–Crippen LogP) is 3.95. The van der Waals surface area contributed by atoms with E-state index in [4.69, 9.17) is 4.74 Å². The second kappa shape index (κ2) is 8.98. The van der Waals surface area contributed by atoms with Crippen molar-refractivity contribution in [2.24, 2.45) is 5.10 Å². The van der Waals surface area contributed by atoms with Crippen LogP contribution in [0.5, 0.6) is 5.75 Å². The molecule has 3 aromatic rings. The van der Waals surface area contributed by atoms with Crippen LogP contribution in [0.1, 0.15) is 24.1 Å². The average Bonchev–Trinajstić information content (AvgIpc) is 3.28. The molecule has 25 heavy (non-hydrogen) atoms. The van der Waals surface area contributed by atoms with Crippen LogP contribution < -0.4 is 10.2 Å². The second-order valence-corrected chi connectivity index (χ2v) is 6.42. The number of anilines is 1. The summed E-state index contributed by atoms with van der Waals surface area (Å²) in [6.07, 6.45) is 9.41. The molecule has 0 fully saturated rings. The molecule has 2 aromatic heterocycles. The zero-order chi connectivity index (χ0) is 17.3. The van der Waals surface area contributed by atoms with Crippen LogP contribution in [0.15, 0.2) is 53.5 Å². The molecular weight excluding hydrogens is 334 g/mol. The number of imidazole rings is 1. The monoisotopic (exact) mass is 355 g/mol. The lowest BCUT2D eigenvalue weighted by molar-refractivity contribution is 0.303. The summed E-state index contributed by atoms with van der Waals surface area (Å²) < 4.78 is 7.98. The third kappa shape index (κ3) is 5.42. The lowest BCUT2D eigenvalue weighted by Gasteiger charge is -2.09. The van der Waals surface area contributed by atoms with Crippen LogP contribution in [0.3, 0.4) is 0 Å². The number of nitrogens with one attached hydrogen (secondary N) is 1. The van der Waals surface area contributed by atoms with E-state index < -0.39 is 0 Å². The molecule has 1 N–H and O–H groups in total. The number of benzene rings is 1. The molecule has 6 nitrogen and oxygen atoms in total. The number of hydrazone groups is 1. The minimum atomic E-state index is 0.679. The van der Waals surface area contributed by atoms with Gasteiger partial charge in [-0.25, -0.2) is 9.97 Å². The number of para-hydroxylation sites is 1. The molecule has 3 rings (SSSR count). The van der Waals surface area contributed by atoms with E-state index in [0.717, 1.165) is 41.5 Å². The van der Waals surface area contributed by atoms with E-state index in [1.165, 1.54) is 11.3 Å². The number of hydrogen-bond donors (Lipinski definition) is 1. The van der Waals surface area contributed by atoms with E-state index in [2.05, 4.69) is 25.1 Å². The van der Waals surface area contributed by atoms with Crippen LogP contribution in [0.4, 0.5) is 5.13 Å². The Hall–Kier alpha value is -2.67. The topological polar surface area (TPSA) is 64.3 Å². The van der Waals surface area contributed by atoms with Crippen molar-refractivity contribution in [3.63, 3.8) is 0 Å². The SMILES string of the molecule is Cc1csc(NN=Cc2ccccc2OCCCCn2ccnc2)n1. The Balaban J connectivity index is 1.46. The van der Waals surface area contributed by atoms with Gasteiger partial charge in [0.25, 0.3) is 0 Å². The van der Waals surface area contributed by atoms with E-state index in [-0.39, 0.29) is 0 Å². The van der Waals surface area contributed by atoms with E-state index >= 15 is 0 Å². The molecule has 1 aromatic carbocycles. The van der Waals surface area contributed by atoms with Gasteiger partial charge in [0.2, 0.25) is 5.13 Å². The summed E-state index contributed by atoms with van der Waals surface area (Å²) in [5.74, 6) is 0.839. The molecule has 0 bridgehead atoms. The van der Waals surface area contributed by atoms with Gasteiger partial charge < -0.3 is 9.30 Å². The van der Waals surface area contributed by atoms with Crippen LogP contribution in [0, 0.1) is 6.92 Å². The van der Waals surface area contributed by atoms with Crippen molar-refractivity contribution in [1.29, 1.82) is 0 Å². The summed E-state index contributed by atoms with van der Waals surface area (Å²) in [4.78, 5) is 8.35. The number of hydrogen-bond acceptors (Lipinski definition) is 6. The van der Waals surface area contributed by atoms with Crippen LogP contribution in [-0.2, 0) is 6.54 Å². The Morgan fingerprint density at radius 1 is 1.32 bits per heavy atom. The van der Waals surface area contributed by atoms with E-state index in [9.17, 15) is 0 Å². The third-order valence-electron chi connectivity index (χ3n) is 3.53. The third-order valence-corrected chi connectivity index (χ3v) is 4.39. The molecule has 130 valence electrons. The first-order chi connectivity index (χ1) is 12.3. The van der Waals surface area contributed by atoms with Gasteiger partial charge in [0.1, 0.15) is 5.75 Å².